The van der Waals surface area contributed by atoms with Crippen molar-refractivity contribution in [3.63, 3.8) is 0 Å². The molecule has 2 aromatic rings. The fourth-order valence-electron chi connectivity index (χ4n) is 1.88. The van der Waals surface area contributed by atoms with E-state index in [0.717, 1.165) is 11.4 Å². The number of hydrogen-bond donors (Lipinski definition) is 1. The molecule has 5 heteroatoms. The van der Waals surface area contributed by atoms with E-state index in [1.807, 2.05) is 41.8 Å². The van der Waals surface area contributed by atoms with Gasteiger partial charge in [0.2, 0.25) is 5.43 Å². The van der Waals surface area contributed by atoms with Gasteiger partial charge in [-0.05, 0) is 26.2 Å². The fraction of sp³-hybridized carbons (Fsp3) is 0.286. The molecule has 19 heavy (non-hydrogen) atoms. The maximum Gasteiger partial charge on any atom is 0.223 e. The van der Waals surface area contributed by atoms with Gasteiger partial charge in [0.1, 0.15) is 0 Å². The average Bonchev–Trinajstić information content (AvgIpc) is 2.36. The van der Waals surface area contributed by atoms with Crippen LogP contribution in [0.5, 0.6) is 5.75 Å². The Bertz CT molecular complexity index is 606. The van der Waals surface area contributed by atoms with Gasteiger partial charge in [-0.25, -0.2) is 0 Å². The standard InChI is InChI=1S/C14H17N3O2/c1-16(2)9-12-7-13(18)14(19)10-17(12)8-11-5-3-4-6-15-11/h3-7,10,19H,8-9H2,1-2H3. The van der Waals surface area contributed by atoms with Gasteiger partial charge < -0.3 is 14.6 Å². The third kappa shape index (κ3) is 3.42. The van der Waals surface area contributed by atoms with Crippen LogP contribution >= 0.6 is 0 Å². The maximum absolute atomic E-state index is 11.5. The highest BCUT2D eigenvalue weighted by Gasteiger charge is 2.07. The van der Waals surface area contributed by atoms with Gasteiger partial charge in [0.05, 0.1) is 18.4 Å². The van der Waals surface area contributed by atoms with E-state index in [0.29, 0.717) is 13.1 Å². The molecule has 0 aliphatic heterocycles. The molecule has 0 unspecified atom stereocenters. The van der Waals surface area contributed by atoms with Gasteiger partial charge in [-0.15, -0.1) is 0 Å². The summed E-state index contributed by atoms with van der Waals surface area (Å²) in [6.45, 7) is 1.15. The van der Waals surface area contributed by atoms with Crippen LogP contribution in [0.2, 0.25) is 0 Å². The van der Waals surface area contributed by atoms with Gasteiger partial charge in [0.15, 0.2) is 5.75 Å². The van der Waals surface area contributed by atoms with E-state index in [2.05, 4.69) is 4.98 Å². The molecule has 5 nitrogen and oxygen atoms in total. The minimum atomic E-state index is -0.353. The van der Waals surface area contributed by atoms with Crippen LogP contribution < -0.4 is 5.43 Å². The Balaban J connectivity index is 2.37. The summed E-state index contributed by atoms with van der Waals surface area (Å²) >= 11 is 0. The predicted octanol–water partition coefficient (Wildman–Crippen LogP) is 1.06. The normalized spacial score (nSPS) is 10.9. The summed E-state index contributed by atoms with van der Waals surface area (Å²) in [7, 11) is 3.87. The lowest BCUT2D eigenvalue weighted by Gasteiger charge is -2.16. The monoisotopic (exact) mass is 259 g/mol. The first-order valence-electron chi connectivity index (χ1n) is 6.03. The first kappa shape index (κ1) is 13.3. The van der Waals surface area contributed by atoms with Crippen LogP contribution in [0.3, 0.4) is 0 Å². The number of hydrogen-bond acceptors (Lipinski definition) is 4. The molecule has 0 saturated carbocycles. The minimum Gasteiger partial charge on any atom is -0.503 e. The molecule has 1 N–H and O–H groups in total. The van der Waals surface area contributed by atoms with Gasteiger partial charge in [0, 0.05) is 24.5 Å². The summed E-state index contributed by atoms with van der Waals surface area (Å²) in [5.41, 5.74) is 1.37. The molecule has 0 atom stereocenters. The maximum atomic E-state index is 11.5. The smallest absolute Gasteiger partial charge is 0.223 e. The fourth-order valence-corrected chi connectivity index (χ4v) is 1.88. The highest BCUT2D eigenvalue weighted by atomic mass is 16.3. The lowest BCUT2D eigenvalue weighted by atomic mass is 10.2. The number of aromatic nitrogens is 2. The van der Waals surface area contributed by atoms with Crippen molar-refractivity contribution in [2.45, 2.75) is 13.1 Å². The molecular formula is C14H17N3O2. The van der Waals surface area contributed by atoms with Crippen molar-refractivity contribution in [3.8, 4) is 5.75 Å². The van der Waals surface area contributed by atoms with E-state index in [-0.39, 0.29) is 11.2 Å². The molecule has 0 radical (unpaired) electrons. The third-order valence-electron chi connectivity index (χ3n) is 2.73. The molecule has 0 bridgehead atoms. The second kappa shape index (κ2) is 5.67. The summed E-state index contributed by atoms with van der Waals surface area (Å²) < 4.78 is 1.85. The van der Waals surface area contributed by atoms with Crippen molar-refractivity contribution in [2.24, 2.45) is 0 Å². The lowest BCUT2D eigenvalue weighted by molar-refractivity contribution is 0.383. The molecule has 0 saturated heterocycles. The zero-order valence-corrected chi connectivity index (χ0v) is 11.1. The van der Waals surface area contributed by atoms with Crippen molar-refractivity contribution in [1.82, 2.24) is 14.5 Å². The van der Waals surface area contributed by atoms with Crippen LogP contribution in [0, 0.1) is 0 Å². The third-order valence-corrected chi connectivity index (χ3v) is 2.73. The molecular weight excluding hydrogens is 242 g/mol. The Morgan fingerprint density at radius 3 is 2.79 bits per heavy atom. The van der Waals surface area contributed by atoms with Crippen LogP contribution in [0.1, 0.15) is 11.4 Å². The van der Waals surface area contributed by atoms with Crippen molar-refractivity contribution >= 4 is 0 Å². The Labute approximate surface area is 111 Å². The van der Waals surface area contributed by atoms with Crippen LogP contribution in [0.15, 0.2) is 41.5 Å². The Morgan fingerprint density at radius 1 is 1.37 bits per heavy atom. The van der Waals surface area contributed by atoms with Gasteiger partial charge in [-0.2, -0.15) is 0 Å². The zero-order valence-electron chi connectivity index (χ0n) is 11.1. The molecule has 100 valence electrons. The number of nitrogens with zero attached hydrogens (tertiary/aromatic N) is 3. The lowest BCUT2D eigenvalue weighted by Crippen LogP contribution is -2.20. The quantitative estimate of drug-likeness (QED) is 0.892. The van der Waals surface area contributed by atoms with Crippen LogP contribution in [-0.2, 0) is 13.1 Å². The summed E-state index contributed by atoms with van der Waals surface area (Å²) in [6, 6.07) is 7.15. The molecule has 2 heterocycles. The molecule has 0 aromatic carbocycles. The molecule has 0 aliphatic rings. The summed E-state index contributed by atoms with van der Waals surface area (Å²) in [4.78, 5) is 17.8. The molecule has 0 aliphatic carbocycles. The molecule has 2 aromatic heterocycles. The number of aromatic hydroxyl groups is 1. The van der Waals surface area contributed by atoms with Crippen molar-refractivity contribution < 1.29 is 5.11 Å². The van der Waals surface area contributed by atoms with Crippen molar-refractivity contribution in [2.75, 3.05) is 14.1 Å². The Morgan fingerprint density at radius 2 is 2.16 bits per heavy atom. The second-order valence-corrected chi connectivity index (χ2v) is 4.70. The minimum absolute atomic E-state index is 0.238. The largest absolute Gasteiger partial charge is 0.503 e. The van der Waals surface area contributed by atoms with E-state index >= 15 is 0 Å². The van der Waals surface area contributed by atoms with Gasteiger partial charge in [-0.3, -0.25) is 9.78 Å². The van der Waals surface area contributed by atoms with E-state index < -0.39 is 0 Å². The van der Waals surface area contributed by atoms with Crippen LogP contribution in [0.25, 0.3) is 0 Å². The summed E-state index contributed by atoms with van der Waals surface area (Å²) in [5.74, 6) is -0.238. The van der Waals surface area contributed by atoms with Crippen molar-refractivity contribution in [1.29, 1.82) is 0 Å². The molecule has 0 amide bonds. The SMILES string of the molecule is CN(C)Cc1cc(=O)c(O)cn1Cc1ccccn1. The van der Waals surface area contributed by atoms with Crippen molar-refractivity contribution in [3.05, 3.63) is 58.3 Å². The van der Waals surface area contributed by atoms with Gasteiger partial charge in [0.25, 0.3) is 0 Å². The number of rotatable bonds is 4. The summed E-state index contributed by atoms with van der Waals surface area (Å²) in [5, 5.41) is 9.57. The average molecular weight is 259 g/mol. The molecule has 0 fully saturated rings. The second-order valence-electron chi connectivity index (χ2n) is 4.70. The first-order valence-corrected chi connectivity index (χ1v) is 6.03. The van der Waals surface area contributed by atoms with E-state index in [1.165, 1.54) is 12.3 Å². The number of pyridine rings is 2. The highest BCUT2D eigenvalue weighted by molar-refractivity contribution is 5.21. The van der Waals surface area contributed by atoms with Gasteiger partial charge >= 0.3 is 0 Å². The van der Waals surface area contributed by atoms with E-state index in [4.69, 9.17) is 0 Å². The Hall–Kier alpha value is -2.14. The molecule has 2 rings (SSSR count). The van der Waals surface area contributed by atoms with E-state index in [9.17, 15) is 9.90 Å². The Kier molecular flexibility index (Phi) is 3.97. The predicted molar refractivity (Wildman–Crippen MR) is 73.1 cm³/mol. The zero-order chi connectivity index (χ0) is 13.8. The molecule has 0 spiro atoms. The van der Waals surface area contributed by atoms with Crippen LogP contribution in [-0.4, -0.2) is 33.7 Å². The van der Waals surface area contributed by atoms with Crippen LogP contribution in [0.4, 0.5) is 0 Å². The first-order chi connectivity index (χ1) is 9.06. The van der Waals surface area contributed by atoms with E-state index in [1.54, 1.807) is 6.20 Å². The summed E-state index contributed by atoms with van der Waals surface area (Å²) in [6.07, 6.45) is 3.19. The highest BCUT2D eigenvalue weighted by Crippen LogP contribution is 2.09. The van der Waals surface area contributed by atoms with Gasteiger partial charge in [-0.1, -0.05) is 6.07 Å². The topological polar surface area (TPSA) is 58.4 Å².